The lowest BCUT2D eigenvalue weighted by Crippen LogP contribution is -2.29. The van der Waals surface area contributed by atoms with E-state index in [9.17, 15) is 17.6 Å². The van der Waals surface area contributed by atoms with Gasteiger partial charge in [-0.3, -0.25) is 11.3 Å². The largest absolute Gasteiger partial charge is 0.496 e. The van der Waals surface area contributed by atoms with Gasteiger partial charge in [0.1, 0.15) is 11.6 Å². The predicted octanol–water partition coefficient (Wildman–Crippen LogP) is 3.07. The molecule has 1 atom stereocenters. The van der Waals surface area contributed by atoms with E-state index in [4.69, 9.17) is 10.6 Å². The van der Waals surface area contributed by atoms with E-state index in [0.29, 0.717) is 0 Å². The van der Waals surface area contributed by atoms with E-state index in [1.54, 1.807) is 0 Å². The first-order valence-corrected chi connectivity index (χ1v) is 5.74. The molecule has 0 aliphatic rings. The van der Waals surface area contributed by atoms with E-state index < -0.39 is 24.5 Å². The number of halogens is 4. The van der Waals surface area contributed by atoms with Gasteiger partial charge in [0.2, 0.25) is 0 Å². The van der Waals surface area contributed by atoms with E-state index in [0.717, 1.165) is 0 Å². The molecule has 0 amide bonds. The van der Waals surface area contributed by atoms with Crippen molar-refractivity contribution in [2.75, 3.05) is 7.11 Å². The Morgan fingerprint density at radius 1 is 1.37 bits per heavy atom. The number of nitrogens with two attached hydrogens (primary N) is 1. The first-order valence-electron chi connectivity index (χ1n) is 5.74. The molecule has 0 saturated carbocycles. The van der Waals surface area contributed by atoms with Crippen LogP contribution in [0.5, 0.6) is 5.75 Å². The van der Waals surface area contributed by atoms with Gasteiger partial charge in [-0.1, -0.05) is 6.07 Å². The van der Waals surface area contributed by atoms with E-state index in [2.05, 4.69) is 5.43 Å². The first-order chi connectivity index (χ1) is 8.89. The van der Waals surface area contributed by atoms with Crippen molar-refractivity contribution in [2.24, 2.45) is 5.84 Å². The minimum Gasteiger partial charge on any atom is -0.496 e. The molecule has 1 aromatic rings. The third-order valence-electron chi connectivity index (χ3n) is 2.74. The van der Waals surface area contributed by atoms with Crippen LogP contribution in [0, 0.1) is 5.82 Å². The van der Waals surface area contributed by atoms with Gasteiger partial charge in [-0.25, -0.2) is 4.39 Å². The van der Waals surface area contributed by atoms with Gasteiger partial charge in [0.25, 0.3) is 0 Å². The molecule has 7 heteroatoms. The highest BCUT2D eigenvalue weighted by molar-refractivity contribution is 5.37. The van der Waals surface area contributed by atoms with Gasteiger partial charge in [-0.15, -0.1) is 0 Å². The quantitative estimate of drug-likeness (QED) is 0.478. The summed E-state index contributed by atoms with van der Waals surface area (Å²) in [5, 5.41) is 0. The fraction of sp³-hybridized carbons (Fsp3) is 0.500. The molecule has 3 nitrogen and oxygen atoms in total. The Labute approximate surface area is 108 Å². The second kappa shape index (κ2) is 6.72. The molecule has 3 N–H and O–H groups in total. The van der Waals surface area contributed by atoms with Crippen molar-refractivity contribution >= 4 is 0 Å². The zero-order valence-electron chi connectivity index (χ0n) is 10.4. The van der Waals surface area contributed by atoms with Gasteiger partial charge >= 0.3 is 6.18 Å². The summed E-state index contributed by atoms with van der Waals surface area (Å²) >= 11 is 0. The zero-order chi connectivity index (χ0) is 14.5. The molecular formula is C12H16F4N2O. The summed E-state index contributed by atoms with van der Waals surface area (Å²) in [6.07, 6.45) is -5.23. The lowest BCUT2D eigenvalue weighted by Gasteiger charge is -2.20. The molecule has 0 spiro atoms. The van der Waals surface area contributed by atoms with E-state index >= 15 is 0 Å². The number of methoxy groups -OCH3 is 1. The summed E-state index contributed by atoms with van der Waals surface area (Å²) in [5.74, 6) is 4.99. The number of rotatable bonds is 6. The number of hydrogen-bond acceptors (Lipinski definition) is 3. The van der Waals surface area contributed by atoms with Crippen LogP contribution in [0.1, 0.15) is 30.9 Å². The van der Waals surface area contributed by atoms with Crippen LogP contribution in [-0.4, -0.2) is 13.3 Å². The van der Waals surface area contributed by atoms with Crippen molar-refractivity contribution in [3.05, 3.63) is 29.6 Å². The lowest BCUT2D eigenvalue weighted by atomic mass is 10.00. The van der Waals surface area contributed by atoms with Crippen molar-refractivity contribution in [3.63, 3.8) is 0 Å². The van der Waals surface area contributed by atoms with Gasteiger partial charge in [-0.2, -0.15) is 13.2 Å². The molecule has 0 fully saturated rings. The van der Waals surface area contributed by atoms with Crippen LogP contribution in [0.4, 0.5) is 17.6 Å². The number of hydrogen-bond donors (Lipinski definition) is 2. The van der Waals surface area contributed by atoms with Crippen molar-refractivity contribution in [1.29, 1.82) is 0 Å². The van der Waals surface area contributed by atoms with E-state index in [-0.39, 0.29) is 24.2 Å². The van der Waals surface area contributed by atoms with E-state index in [1.807, 2.05) is 0 Å². The molecule has 0 bridgehead atoms. The topological polar surface area (TPSA) is 47.3 Å². The monoisotopic (exact) mass is 280 g/mol. The van der Waals surface area contributed by atoms with Crippen molar-refractivity contribution in [2.45, 2.75) is 31.5 Å². The number of nitrogens with one attached hydrogen (secondary N) is 1. The molecule has 0 aromatic heterocycles. The van der Waals surface area contributed by atoms with Gasteiger partial charge in [-0.05, 0) is 25.0 Å². The predicted molar refractivity (Wildman–Crippen MR) is 62.9 cm³/mol. The molecule has 0 saturated heterocycles. The summed E-state index contributed by atoms with van der Waals surface area (Å²) in [5.41, 5.74) is 2.48. The molecule has 1 aromatic carbocycles. The Morgan fingerprint density at radius 3 is 2.58 bits per heavy atom. The summed E-state index contributed by atoms with van der Waals surface area (Å²) in [4.78, 5) is 0. The smallest absolute Gasteiger partial charge is 0.389 e. The maximum Gasteiger partial charge on any atom is 0.389 e. The normalized spacial score (nSPS) is 13.4. The highest BCUT2D eigenvalue weighted by Crippen LogP contribution is 2.32. The molecule has 0 radical (unpaired) electrons. The molecular weight excluding hydrogens is 264 g/mol. The van der Waals surface area contributed by atoms with Gasteiger partial charge in [0.05, 0.1) is 13.2 Å². The number of hydrazine groups is 1. The van der Waals surface area contributed by atoms with Crippen LogP contribution in [0.15, 0.2) is 18.2 Å². The highest BCUT2D eigenvalue weighted by Gasteiger charge is 2.27. The van der Waals surface area contributed by atoms with Crippen LogP contribution in [0.25, 0.3) is 0 Å². The Kier molecular flexibility index (Phi) is 5.56. The standard InChI is InChI=1S/C12H16F4N2O/c1-19-10-6-2-4-8(13)11(10)9(18-17)5-3-7-12(14,15)16/h2,4,6,9,18H,3,5,7,17H2,1H3. The summed E-state index contributed by atoms with van der Waals surface area (Å²) in [6.45, 7) is 0. The molecule has 19 heavy (non-hydrogen) atoms. The summed E-state index contributed by atoms with van der Waals surface area (Å²) < 4.78 is 55.0. The molecule has 0 aliphatic heterocycles. The highest BCUT2D eigenvalue weighted by atomic mass is 19.4. The second-order valence-electron chi connectivity index (χ2n) is 4.08. The van der Waals surface area contributed by atoms with E-state index in [1.165, 1.54) is 25.3 Å². The third kappa shape index (κ3) is 4.68. The number of ether oxygens (including phenoxy) is 1. The Hall–Kier alpha value is -1.34. The van der Waals surface area contributed by atoms with Crippen LogP contribution in [-0.2, 0) is 0 Å². The first kappa shape index (κ1) is 15.7. The minimum absolute atomic E-state index is 0.0628. The fourth-order valence-electron chi connectivity index (χ4n) is 1.85. The van der Waals surface area contributed by atoms with Crippen molar-refractivity contribution in [3.8, 4) is 5.75 Å². The molecule has 108 valence electrons. The average molecular weight is 280 g/mol. The fourth-order valence-corrected chi connectivity index (χ4v) is 1.85. The molecule has 0 heterocycles. The lowest BCUT2D eigenvalue weighted by molar-refractivity contribution is -0.135. The Balaban J connectivity index is 2.80. The van der Waals surface area contributed by atoms with Crippen molar-refractivity contribution < 1.29 is 22.3 Å². The molecule has 1 rings (SSSR count). The number of alkyl halides is 3. The second-order valence-corrected chi connectivity index (χ2v) is 4.08. The summed E-state index contributed by atoms with van der Waals surface area (Å²) in [7, 11) is 1.36. The van der Waals surface area contributed by atoms with Crippen LogP contribution < -0.4 is 16.0 Å². The summed E-state index contributed by atoms with van der Waals surface area (Å²) in [6, 6.07) is 3.48. The Morgan fingerprint density at radius 2 is 2.05 bits per heavy atom. The zero-order valence-corrected chi connectivity index (χ0v) is 10.4. The third-order valence-corrected chi connectivity index (χ3v) is 2.74. The van der Waals surface area contributed by atoms with Crippen molar-refractivity contribution in [1.82, 2.24) is 5.43 Å². The average Bonchev–Trinajstić information content (AvgIpc) is 2.34. The molecule has 1 unspecified atom stereocenters. The van der Waals surface area contributed by atoms with Gasteiger partial charge < -0.3 is 4.74 Å². The van der Waals surface area contributed by atoms with Gasteiger partial charge in [0, 0.05) is 12.0 Å². The van der Waals surface area contributed by atoms with Crippen LogP contribution in [0.3, 0.4) is 0 Å². The van der Waals surface area contributed by atoms with Gasteiger partial charge in [0.15, 0.2) is 0 Å². The maximum absolute atomic E-state index is 13.7. The van der Waals surface area contributed by atoms with Crippen LogP contribution in [0.2, 0.25) is 0 Å². The molecule has 0 aliphatic carbocycles. The van der Waals surface area contributed by atoms with Crippen LogP contribution >= 0.6 is 0 Å². The Bertz CT molecular complexity index is 409. The SMILES string of the molecule is COc1cccc(F)c1C(CCCC(F)(F)F)NN. The maximum atomic E-state index is 13.7. The number of benzene rings is 1. The minimum atomic E-state index is -4.22.